The molecule has 1 aliphatic rings. The minimum Gasteiger partial charge on any atom is -0.478 e. The van der Waals surface area contributed by atoms with Crippen LogP contribution < -0.4 is 4.90 Å². The second kappa shape index (κ2) is 6.04. The molecule has 2 rings (SSSR count). The number of aromatic carboxylic acids is 1. The van der Waals surface area contributed by atoms with Crippen molar-refractivity contribution in [1.29, 1.82) is 0 Å². The minimum absolute atomic E-state index is 0.0991. The van der Waals surface area contributed by atoms with Crippen molar-refractivity contribution in [2.45, 2.75) is 18.9 Å². The molecule has 1 aromatic rings. The number of benzene rings is 1. The van der Waals surface area contributed by atoms with Crippen LogP contribution in [0.3, 0.4) is 0 Å². The van der Waals surface area contributed by atoms with Crippen molar-refractivity contribution in [1.82, 2.24) is 0 Å². The van der Waals surface area contributed by atoms with Gasteiger partial charge in [-0.2, -0.15) is 0 Å². The Morgan fingerprint density at radius 3 is 2.71 bits per heavy atom. The third kappa shape index (κ3) is 3.27. The fourth-order valence-electron chi connectivity index (χ4n) is 2.17. The van der Waals surface area contributed by atoms with Gasteiger partial charge in [-0.1, -0.05) is 0 Å². The lowest BCUT2D eigenvalue weighted by Gasteiger charge is -2.24. The van der Waals surface area contributed by atoms with E-state index >= 15 is 0 Å². The molecule has 0 unspecified atom stereocenters. The van der Waals surface area contributed by atoms with E-state index in [9.17, 15) is 19.3 Å². The smallest absolute Gasteiger partial charge is 0.338 e. The molecule has 0 aliphatic heterocycles. The van der Waals surface area contributed by atoms with Crippen molar-refractivity contribution in [3.63, 3.8) is 0 Å². The first kappa shape index (κ1) is 15.2. The zero-order chi connectivity index (χ0) is 15.6. The van der Waals surface area contributed by atoms with E-state index in [1.54, 1.807) is 4.90 Å². The highest BCUT2D eigenvalue weighted by Gasteiger charge is 2.34. The zero-order valence-electron chi connectivity index (χ0n) is 11.4. The van der Waals surface area contributed by atoms with E-state index in [0.717, 1.165) is 25.0 Å². The lowest BCUT2D eigenvalue weighted by molar-refractivity contribution is -0.384. The van der Waals surface area contributed by atoms with Crippen LogP contribution >= 0.6 is 0 Å². The first-order chi connectivity index (χ1) is 9.95. The summed E-state index contributed by atoms with van der Waals surface area (Å²) < 4.78 is 18.8. The van der Waals surface area contributed by atoms with Crippen molar-refractivity contribution in [2.75, 3.05) is 25.2 Å². The third-order valence-corrected chi connectivity index (χ3v) is 3.32. The Balaban J connectivity index is 2.47. The number of nitro groups is 1. The number of carboxylic acid groups (broad SMARTS) is 1. The van der Waals surface area contributed by atoms with Crippen molar-refractivity contribution in [2.24, 2.45) is 0 Å². The van der Waals surface area contributed by atoms with Crippen molar-refractivity contribution >= 4 is 17.3 Å². The molecule has 0 spiro atoms. The summed E-state index contributed by atoms with van der Waals surface area (Å²) >= 11 is 0. The van der Waals surface area contributed by atoms with Crippen LogP contribution in [-0.2, 0) is 4.74 Å². The van der Waals surface area contributed by atoms with E-state index in [1.165, 1.54) is 7.11 Å². The summed E-state index contributed by atoms with van der Waals surface area (Å²) in [6.45, 7) is 0.726. The summed E-state index contributed by atoms with van der Waals surface area (Å²) in [5, 5.41) is 20.0. The van der Waals surface area contributed by atoms with E-state index in [2.05, 4.69) is 0 Å². The van der Waals surface area contributed by atoms with Crippen LogP contribution in [0.25, 0.3) is 0 Å². The standard InChI is InChI=1S/C13H15FN2O5/c1-21-5-4-15(8-2-3-8)11-7-10(14)9(13(17)18)6-12(11)16(19)20/h6-8H,2-5H2,1H3,(H,17,18). The monoisotopic (exact) mass is 298 g/mol. The Hall–Kier alpha value is -2.22. The van der Waals surface area contributed by atoms with Crippen LogP contribution in [-0.4, -0.2) is 42.3 Å². The molecule has 1 fully saturated rings. The Kier molecular flexibility index (Phi) is 4.37. The average molecular weight is 298 g/mol. The summed E-state index contributed by atoms with van der Waals surface area (Å²) in [7, 11) is 1.51. The number of hydrogen-bond acceptors (Lipinski definition) is 5. The van der Waals surface area contributed by atoms with Crippen molar-refractivity contribution in [3.05, 3.63) is 33.6 Å². The van der Waals surface area contributed by atoms with Gasteiger partial charge < -0.3 is 14.7 Å². The molecule has 7 nitrogen and oxygen atoms in total. The SMILES string of the molecule is COCCN(c1cc(F)c(C(=O)O)cc1[N+](=O)[O-])C1CC1. The molecular weight excluding hydrogens is 283 g/mol. The third-order valence-electron chi connectivity index (χ3n) is 3.32. The average Bonchev–Trinajstić information content (AvgIpc) is 3.23. The highest BCUT2D eigenvalue weighted by atomic mass is 19.1. The Bertz CT molecular complexity index is 574. The molecule has 21 heavy (non-hydrogen) atoms. The first-order valence-electron chi connectivity index (χ1n) is 6.42. The van der Waals surface area contributed by atoms with E-state index in [4.69, 9.17) is 9.84 Å². The van der Waals surface area contributed by atoms with Gasteiger partial charge in [0.05, 0.1) is 11.5 Å². The molecule has 1 aromatic carbocycles. The predicted octanol–water partition coefficient (Wildman–Crippen LogP) is 2.05. The molecule has 0 heterocycles. The number of nitro benzene ring substituents is 1. The topological polar surface area (TPSA) is 92.9 Å². The molecule has 1 saturated carbocycles. The lowest BCUT2D eigenvalue weighted by atomic mass is 10.1. The van der Waals surface area contributed by atoms with Gasteiger partial charge in [0.25, 0.3) is 5.69 Å². The summed E-state index contributed by atoms with van der Waals surface area (Å²) in [6.07, 6.45) is 1.73. The van der Waals surface area contributed by atoms with Gasteiger partial charge in [-0.15, -0.1) is 0 Å². The number of rotatable bonds is 7. The molecule has 0 radical (unpaired) electrons. The van der Waals surface area contributed by atoms with Gasteiger partial charge in [0.1, 0.15) is 17.1 Å². The van der Waals surface area contributed by atoms with Gasteiger partial charge in [0.2, 0.25) is 0 Å². The molecule has 0 bridgehead atoms. The summed E-state index contributed by atoms with van der Waals surface area (Å²) in [6, 6.07) is 1.80. The van der Waals surface area contributed by atoms with E-state index in [1.807, 2.05) is 0 Å². The van der Waals surface area contributed by atoms with Crippen molar-refractivity contribution in [3.8, 4) is 0 Å². The molecule has 0 saturated heterocycles. The van der Waals surface area contributed by atoms with Crippen LogP contribution in [0, 0.1) is 15.9 Å². The van der Waals surface area contributed by atoms with Crippen LogP contribution in [0.1, 0.15) is 23.2 Å². The quantitative estimate of drug-likeness (QED) is 0.611. The van der Waals surface area contributed by atoms with E-state index < -0.39 is 28.0 Å². The molecule has 114 valence electrons. The van der Waals surface area contributed by atoms with E-state index in [0.29, 0.717) is 13.2 Å². The normalized spacial score (nSPS) is 14.0. The number of nitrogens with zero attached hydrogens (tertiary/aromatic N) is 2. The van der Waals surface area contributed by atoms with Crippen LogP contribution in [0.2, 0.25) is 0 Å². The molecule has 0 aromatic heterocycles. The number of ether oxygens (including phenoxy) is 1. The fourth-order valence-corrected chi connectivity index (χ4v) is 2.17. The Morgan fingerprint density at radius 1 is 1.57 bits per heavy atom. The number of carboxylic acids is 1. The van der Waals surface area contributed by atoms with Crippen LogP contribution in [0.15, 0.2) is 12.1 Å². The molecule has 1 N–H and O–H groups in total. The van der Waals surface area contributed by atoms with Crippen LogP contribution in [0.4, 0.5) is 15.8 Å². The van der Waals surface area contributed by atoms with Crippen LogP contribution in [0.5, 0.6) is 0 Å². The first-order valence-corrected chi connectivity index (χ1v) is 6.42. The second-order valence-electron chi connectivity index (χ2n) is 4.80. The fraction of sp³-hybridized carbons (Fsp3) is 0.462. The maximum Gasteiger partial charge on any atom is 0.338 e. The Labute approximate surface area is 120 Å². The summed E-state index contributed by atoms with van der Waals surface area (Å²) in [5.41, 5.74) is -1.01. The highest BCUT2D eigenvalue weighted by molar-refractivity contribution is 5.90. The van der Waals surface area contributed by atoms with Crippen molar-refractivity contribution < 1.29 is 24.0 Å². The van der Waals surface area contributed by atoms with Gasteiger partial charge >= 0.3 is 5.97 Å². The highest BCUT2D eigenvalue weighted by Crippen LogP contribution is 2.38. The largest absolute Gasteiger partial charge is 0.478 e. The predicted molar refractivity (Wildman–Crippen MR) is 72.3 cm³/mol. The maximum atomic E-state index is 13.8. The summed E-state index contributed by atoms with van der Waals surface area (Å²) in [5.74, 6) is -2.51. The number of carbonyl (C=O) groups is 1. The molecule has 0 atom stereocenters. The zero-order valence-corrected chi connectivity index (χ0v) is 11.4. The number of methoxy groups -OCH3 is 1. The molecular formula is C13H15FN2O5. The lowest BCUT2D eigenvalue weighted by Crippen LogP contribution is -2.30. The van der Waals surface area contributed by atoms with Gasteiger partial charge in [0.15, 0.2) is 0 Å². The second-order valence-corrected chi connectivity index (χ2v) is 4.80. The number of hydrogen-bond donors (Lipinski definition) is 1. The number of halogens is 1. The molecule has 0 amide bonds. The minimum atomic E-state index is -1.53. The molecule has 1 aliphatic carbocycles. The van der Waals surface area contributed by atoms with E-state index in [-0.39, 0.29) is 11.7 Å². The van der Waals surface area contributed by atoms with Gasteiger partial charge in [0, 0.05) is 31.8 Å². The number of anilines is 1. The summed E-state index contributed by atoms with van der Waals surface area (Å²) in [4.78, 5) is 23.1. The Morgan fingerprint density at radius 2 is 2.24 bits per heavy atom. The molecule has 8 heteroatoms. The maximum absolute atomic E-state index is 13.8. The van der Waals surface area contributed by atoms with Gasteiger partial charge in [-0.3, -0.25) is 10.1 Å². The van der Waals surface area contributed by atoms with Gasteiger partial charge in [-0.05, 0) is 12.8 Å². The van der Waals surface area contributed by atoms with Gasteiger partial charge in [-0.25, -0.2) is 9.18 Å².